The highest BCUT2D eigenvalue weighted by molar-refractivity contribution is 6.01. The summed E-state index contributed by atoms with van der Waals surface area (Å²) in [5.41, 5.74) is 1.78. The maximum Gasteiger partial charge on any atom is 0.255 e. The number of ether oxygens (including phenoxy) is 1. The van der Waals surface area contributed by atoms with Gasteiger partial charge in [0.2, 0.25) is 0 Å². The largest absolute Gasteiger partial charge is 0.496 e. The van der Waals surface area contributed by atoms with Crippen molar-refractivity contribution >= 4 is 16.7 Å². The van der Waals surface area contributed by atoms with E-state index < -0.39 is 0 Å². The van der Waals surface area contributed by atoms with Crippen LogP contribution in [0.25, 0.3) is 10.8 Å². The van der Waals surface area contributed by atoms with Gasteiger partial charge in [0.15, 0.2) is 0 Å². The first-order valence-corrected chi connectivity index (χ1v) is 8.09. The third-order valence-corrected chi connectivity index (χ3v) is 4.25. The first-order valence-electron chi connectivity index (χ1n) is 8.09. The number of benzene rings is 3. The molecule has 0 aliphatic heterocycles. The lowest BCUT2D eigenvalue weighted by Crippen LogP contribution is -2.27. The highest BCUT2D eigenvalue weighted by Gasteiger charge is 2.15. The Bertz CT molecular complexity index is 843. The Kier molecular flexibility index (Phi) is 4.80. The Morgan fingerprint density at radius 3 is 2.29 bits per heavy atom. The number of carbonyl (C=O) groups excluding carboxylic acids is 1. The third-order valence-electron chi connectivity index (χ3n) is 4.25. The number of carbonyl (C=O) groups is 1. The minimum Gasteiger partial charge on any atom is -0.496 e. The van der Waals surface area contributed by atoms with E-state index in [4.69, 9.17) is 4.74 Å². The van der Waals surface area contributed by atoms with Gasteiger partial charge in [-0.2, -0.15) is 0 Å². The Labute approximate surface area is 142 Å². The fourth-order valence-corrected chi connectivity index (χ4v) is 2.81. The van der Waals surface area contributed by atoms with Gasteiger partial charge in [0, 0.05) is 6.54 Å². The van der Waals surface area contributed by atoms with Crippen LogP contribution in [0.4, 0.5) is 0 Å². The van der Waals surface area contributed by atoms with Crippen molar-refractivity contribution in [3.8, 4) is 5.75 Å². The molecule has 0 aromatic heterocycles. The van der Waals surface area contributed by atoms with Crippen molar-refractivity contribution in [1.82, 2.24) is 5.32 Å². The lowest BCUT2D eigenvalue weighted by molar-refractivity contribution is 0.0949. The van der Waals surface area contributed by atoms with Gasteiger partial charge in [-0.25, -0.2) is 0 Å². The van der Waals surface area contributed by atoms with Crippen LogP contribution in [0.15, 0.2) is 66.7 Å². The molecule has 0 fully saturated rings. The molecule has 0 aliphatic carbocycles. The number of hydrogen-bond donors (Lipinski definition) is 1. The molecule has 1 atom stereocenters. The van der Waals surface area contributed by atoms with E-state index in [1.54, 1.807) is 7.11 Å². The second-order valence-corrected chi connectivity index (χ2v) is 5.92. The zero-order valence-electron chi connectivity index (χ0n) is 14.0. The maximum absolute atomic E-state index is 12.6. The molecule has 3 rings (SSSR count). The second kappa shape index (κ2) is 7.18. The predicted octanol–water partition coefficient (Wildman–Crippen LogP) is 4.38. The van der Waals surface area contributed by atoms with Crippen LogP contribution in [0, 0.1) is 0 Å². The smallest absolute Gasteiger partial charge is 0.255 e. The first kappa shape index (κ1) is 16.1. The number of hydrogen-bond acceptors (Lipinski definition) is 2. The van der Waals surface area contributed by atoms with Gasteiger partial charge in [-0.05, 0) is 34.4 Å². The van der Waals surface area contributed by atoms with E-state index >= 15 is 0 Å². The van der Waals surface area contributed by atoms with Crippen LogP contribution in [-0.4, -0.2) is 19.6 Å². The highest BCUT2D eigenvalue weighted by atomic mass is 16.5. The van der Waals surface area contributed by atoms with E-state index in [0.717, 1.165) is 10.8 Å². The Balaban J connectivity index is 1.78. The number of nitrogens with one attached hydrogen (secondary N) is 1. The van der Waals surface area contributed by atoms with Crippen LogP contribution in [0.1, 0.15) is 28.8 Å². The second-order valence-electron chi connectivity index (χ2n) is 5.92. The average molecular weight is 319 g/mol. The van der Waals surface area contributed by atoms with Crippen LogP contribution in [0.3, 0.4) is 0 Å². The normalized spacial score (nSPS) is 11.9. The van der Waals surface area contributed by atoms with Crippen molar-refractivity contribution in [3.63, 3.8) is 0 Å². The Hall–Kier alpha value is -2.81. The van der Waals surface area contributed by atoms with Gasteiger partial charge < -0.3 is 10.1 Å². The predicted molar refractivity (Wildman–Crippen MR) is 97.7 cm³/mol. The van der Waals surface area contributed by atoms with Crippen molar-refractivity contribution < 1.29 is 9.53 Å². The molecule has 24 heavy (non-hydrogen) atoms. The van der Waals surface area contributed by atoms with Crippen LogP contribution in [0.5, 0.6) is 5.75 Å². The molecule has 3 aromatic carbocycles. The van der Waals surface area contributed by atoms with Gasteiger partial charge in [0.1, 0.15) is 5.75 Å². The summed E-state index contributed by atoms with van der Waals surface area (Å²) in [5, 5.41) is 5.10. The minimum atomic E-state index is -0.111. The van der Waals surface area contributed by atoms with E-state index in [2.05, 4.69) is 24.4 Å². The van der Waals surface area contributed by atoms with E-state index in [1.165, 1.54) is 5.56 Å². The molecule has 0 saturated carbocycles. The summed E-state index contributed by atoms with van der Waals surface area (Å²) < 4.78 is 5.41. The Morgan fingerprint density at radius 1 is 1.00 bits per heavy atom. The van der Waals surface area contributed by atoms with Crippen LogP contribution in [-0.2, 0) is 0 Å². The Morgan fingerprint density at radius 2 is 1.62 bits per heavy atom. The van der Waals surface area contributed by atoms with Crippen LogP contribution in [0.2, 0.25) is 0 Å². The molecule has 0 aliphatic rings. The summed E-state index contributed by atoms with van der Waals surface area (Å²) in [4.78, 5) is 12.6. The fourth-order valence-electron chi connectivity index (χ4n) is 2.81. The molecule has 0 saturated heterocycles. The SMILES string of the molecule is COc1cc2ccccc2cc1C(=O)NCC(C)c1ccccc1. The molecule has 122 valence electrons. The monoisotopic (exact) mass is 319 g/mol. The maximum atomic E-state index is 12.6. The summed E-state index contributed by atoms with van der Waals surface area (Å²) in [7, 11) is 1.59. The van der Waals surface area contributed by atoms with E-state index in [1.807, 2.05) is 54.6 Å². The van der Waals surface area contributed by atoms with E-state index in [9.17, 15) is 4.79 Å². The molecule has 3 nitrogen and oxygen atoms in total. The van der Waals surface area contributed by atoms with Gasteiger partial charge in [-0.15, -0.1) is 0 Å². The summed E-state index contributed by atoms with van der Waals surface area (Å²) in [5.74, 6) is 0.737. The van der Waals surface area contributed by atoms with Crippen molar-refractivity contribution in [3.05, 3.63) is 77.9 Å². The molecule has 0 heterocycles. The molecule has 3 aromatic rings. The van der Waals surface area contributed by atoms with Gasteiger partial charge in [-0.1, -0.05) is 61.5 Å². The molecular formula is C21H21NO2. The average Bonchev–Trinajstić information content (AvgIpc) is 2.65. The van der Waals surface area contributed by atoms with Crippen molar-refractivity contribution in [2.24, 2.45) is 0 Å². The molecule has 0 spiro atoms. The first-order chi connectivity index (χ1) is 11.7. The highest BCUT2D eigenvalue weighted by Crippen LogP contribution is 2.26. The number of rotatable bonds is 5. The summed E-state index contributed by atoms with van der Waals surface area (Å²) in [6.45, 7) is 2.69. The summed E-state index contributed by atoms with van der Waals surface area (Å²) in [6, 6.07) is 21.9. The van der Waals surface area contributed by atoms with Gasteiger partial charge in [0.05, 0.1) is 12.7 Å². The molecule has 3 heteroatoms. The zero-order valence-corrected chi connectivity index (χ0v) is 14.0. The third kappa shape index (κ3) is 3.40. The van der Waals surface area contributed by atoms with Gasteiger partial charge >= 0.3 is 0 Å². The van der Waals surface area contributed by atoms with E-state index in [-0.39, 0.29) is 11.8 Å². The molecule has 1 unspecified atom stereocenters. The van der Waals surface area contributed by atoms with Crippen molar-refractivity contribution in [1.29, 1.82) is 0 Å². The molecule has 0 bridgehead atoms. The van der Waals surface area contributed by atoms with Crippen LogP contribution >= 0.6 is 0 Å². The zero-order chi connectivity index (χ0) is 16.9. The minimum absolute atomic E-state index is 0.111. The van der Waals surface area contributed by atoms with Gasteiger partial charge in [-0.3, -0.25) is 4.79 Å². The summed E-state index contributed by atoms with van der Waals surface area (Å²) >= 11 is 0. The number of methoxy groups -OCH3 is 1. The van der Waals surface area contributed by atoms with Gasteiger partial charge in [0.25, 0.3) is 5.91 Å². The van der Waals surface area contributed by atoms with Crippen molar-refractivity contribution in [2.75, 3.05) is 13.7 Å². The van der Waals surface area contributed by atoms with Crippen LogP contribution < -0.4 is 10.1 Å². The quantitative estimate of drug-likeness (QED) is 0.758. The summed E-state index contributed by atoms with van der Waals surface area (Å²) in [6.07, 6.45) is 0. The topological polar surface area (TPSA) is 38.3 Å². The lowest BCUT2D eigenvalue weighted by Gasteiger charge is -2.15. The van der Waals surface area contributed by atoms with E-state index in [0.29, 0.717) is 17.9 Å². The fraction of sp³-hybridized carbons (Fsp3) is 0.190. The van der Waals surface area contributed by atoms with Crippen molar-refractivity contribution in [2.45, 2.75) is 12.8 Å². The number of amides is 1. The molecule has 0 radical (unpaired) electrons. The molecule has 1 N–H and O–H groups in total. The number of fused-ring (bicyclic) bond motifs is 1. The molecular weight excluding hydrogens is 298 g/mol. The molecule has 1 amide bonds. The lowest BCUT2D eigenvalue weighted by atomic mass is 10.0. The standard InChI is InChI=1S/C21H21NO2/c1-15(16-8-4-3-5-9-16)14-22-21(23)19-12-17-10-6-7-11-18(17)13-20(19)24-2/h3-13,15H,14H2,1-2H3,(H,22,23).